The fraction of sp³-hybridized carbons (Fsp3) is 0.929. The van der Waals surface area contributed by atoms with Gasteiger partial charge >= 0.3 is 0 Å². The minimum atomic E-state index is -0.227. The zero-order valence-corrected chi connectivity index (χ0v) is 11.3. The molecule has 4 nitrogen and oxygen atoms in total. The molecule has 3 aliphatic heterocycles. The van der Waals surface area contributed by atoms with Crippen molar-refractivity contribution in [3.63, 3.8) is 0 Å². The van der Waals surface area contributed by atoms with Gasteiger partial charge in [0.2, 0.25) is 0 Å². The van der Waals surface area contributed by atoms with Crippen LogP contribution in [0.2, 0.25) is 0 Å². The summed E-state index contributed by atoms with van der Waals surface area (Å²) in [7, 11) is 0. The van der Waals surface area contributed by atoms with E-state index in [9.17, 15) is 4.79 Å². The number of nitrogens with zero attached hydrogens (tertiary/aromatic N) is 2. The van der Waals surface area contributed by atoms with Gasteiger partial charge in [-0.1, -0.05) is 0 Å². The lowest BCUT2D eigenvalue weighted by Gasteiger charge is -2.44. The first kappa shape index (κ1) is 12.6. The van der Waals surface area contributed by atoms with Gasteiger partial charge in [-0.25, -0.2) is 0 Å². The van der Waals surface area contributed by atoms with Gasteiger partial charge in [-0.3, -0.25) is 9.80 Å². The van der Waals surface area contributed by atoms with E-state index in [0.717, 1.165) is 38.4 Å². The molecular weight excluding hydrogens is 228 g/mol. The van der Waals surface area contributed by atoms with E-state index in [0.29, 0.717) is 12.6 Å². The molecule has 3 aliphatic rings. The molecule has 0 spiro atoms. The zero-order chi connectivity index (χ0) is 12.6. The first-order valence-corrected chi connectivity index (χ1v) is 7.25. The van der Waals surface area contributed by atoms with Crippen molar-refractivity contribution < 1.29 is 9.53 Å². The van der Waals surface area contributed by atoms with Crippen LogP contribution < -0.4 is 0 Å². The van der Waals surface area contributed by atoms with Crippen molar-refractivity contribution in [3.05, 3.63) is 0 Å². The monoisotopic (exact) mass is 252 g/mol. The first-order chi connectivity index (χ1) is 8.72. The maximum atomic E-state index is 11.4. The maximum absolute atomic E-state index is 11.4. The van der Waals surface area contributed by atoms with Crippen LogP contribution in [0.15, 0.2) is 0 Å². The van der Waals surface area contributed by atoms with Crippen molar-refractivity contribution in [2.24, 2.45) is 5.41 Å². The van der Waals surface area contributed by atoms with E-state index in [1.165, 1.54) is 25.9 Å². The Kier molecular flexibility index (Phi) is 3.43. The fourth-order valence-electron chi connectivity index (χ4n) is 3.75. The summed E-state index contributed by atoms with van der Waals surface area (Å²) in [6, 6.07) is 1.30. The molecule has 3 fully saturated rings. The molecule has 0 N–H and O–H groups in total. The maximum Gasteiger partial charge on any atom is 0.129 e. The van der Waals surface area contributed by atoms with Crippen molar-refractivity contribution in [3.8, 4) is 0 Å². The van der Waals surface area contributed by atoms with E-state index >= 15 is 0 Å². The Hall–Kier alpha value is -0.450. The van der Waals surface area contributed by atoms with Crippen LogP contribution in [0.1, 0.15) is 26.2 Å². The van der Waals surface area contributed by atoms with Crippen molar-refractivity contribution in [1.82, 2.24) is 9.80 Å². The Morgan fingerprint density at radius 3 is 3.06 bits per heavy atom. The van der Waals surface area contributed by atoms with Crippen LogP contribution in [0.3, 0.4) is 0 Å². The Morgan fingerprint density at radius 2 is 2.33 bits per heavy atom. The second-order valence-corrected chi connectivity index (χ2v) is 6.35. The van der Waals surface area contributed by atoms with Gasteiger partial charge in [-0.2, -0.15) is 0 Å². The lowest BCUT2D eigenvalue weighted by molar-refractivity contribution is -0.118. The highest BCUT2D eigenvalue weighted by Gasteiger charge is 2.41. The third-order valence-electron chi connectivity index (χ3n) is 4.97. The average molecular weight is 252 g/mol. The highest BCUT2D eigenvalue weighted by molar-refractivity contribution is 5.60. The second kappa shape index (κ2) is 4.91. The number of carbonyl (C=O) groups is 1. The number of piperazine rings is 1. The summed E-state index contributed by atoms with van der Waals surface area (Å²) in [5.74, 6) is 0. The molecule has 3 heterocycles. The van der Waals surface area contributed by atoms with E-state index in [2.05, 4.69) is 16.7 Å². The fourth-order valence-corrected chi connectivity index (χ4v) is 3.75. The quantitative estimate of drug-likeness (QED) is 0.694. The number of aldehydes is 1. The standard InChI is InChI=1S/C14H24N2O2/c1-12-7-15-5-2-3-13(15)8-16(12)9-14(10-17)4-6-18-11-14/h10,12-13H,2-9,11H2,1H3. The largest absolute Gasteiger partial charge is 0.380 e. The third-order valence-corrected chi connectivity index (χ3v) is 4.97. The molecule has 0 amide bonds. The van der Waals surface area contributed by atoms with E-state index in [1.807, 2.05) is 0 Å². The molecule has 0 aromatic rings. The average Bonchev–Trinajstić information content (AvgIpc) is 2.99. The van der Waals surface area contributed by atoms with Gasteiger partial charge in [0.05, 0.1) is 12.0 Å². The molecule has 4 heteroatoms. The third kappa shape index (κ3) is 2.22. The molecule has 3 atom stereocenters. The number of hydrogen-bond donors (Lipinski definition) is 0. The zero-order valence-electron chi connectivity index (χ0n) is 11.3. The van der Waals surface area contributed by atoms with Gasteiger partial charge < -0.3 is 9.53 Å². The van der Waals surface area contributed by atoms with Crippen LogP contribution in [0, 0.1) is 5.41 Å². The summed E-state index contributed by atoms with van der Waals surface area (Å²) in [5, 5.41) is 0. The Balaban J connectivity index is 1.66. The highest BCUT2D eigenvalue weighted by Crippen LogP contribution is 2.31. The summed E-state index contributed by atoms with van der Waals surface area (Å²) >= 11 is 0. The topological polar surface area (TPSA) is 32.8 Å². The molecular formula is C14H24N2O2. The van der Waals surface area contributed by atoms with E-state index < -0.39 is 0 Å². The van der Waals surface area contributed by atoms with Gasteiger partial charge in [0.25, 0.3) is 0 Å². The van der Waals surface area contributed by atoms with Crippen LogP contribution in [0.5, 0.6) is 0 Å². The summed E-state index contributed by atoms with van der Waals surface area (Å²) in [6.07, 6.45) is 4.71. The number of ether oxygens (including phenoxy) is 1. The minimum absolute atomic E-state index is 0.227. The first-order valence-electron chi connectivity index (χ1n) is 7.25. The molecule has 0 aromatic heterocycles. The van der Waals surface area contributed by atoms with E-state index in [4.69, 9.17) is 4.74 Å². The van der Waals surface area contributed by atoms with E-state index in [1.54, 1.807) is 0 Å². The SMILES string of the molecule is CC1CN2CCCC2CN1CC1(C=O)CCOC1. The number of rotatable bonds is 3. The van der Waals surface area contributed by atoms with Crippen LogP contribution in [-0.2, 0) is 9.53 Å². The van der Waals surface area contributed by atoms with Gasteiger partial charge in [-0.05, 0) is 32.7 Å². The molecule has 3 saturated heterocycles. The van der Waals surface area contributed by atoms with Crippen molar-refractivity contribution in [2.45, 2.75) is 38.3 Å². The molecule has 102 valence electrons. The number of fused-ring (bicyclic) bond motifs is 1. The second-order valence-electron chi connectivity index (χ2n) is 6.35. The molecule has 0 bridgehead atoms. The van der Waals surface area contributed by atoms with Gasteiger partial charge in [0, 0.05) is 38.3 Å². The Bertz CT molecular complexity index is 315. The number of carbonyl (C=O) groups excluding carboxylic acids is 1. The molecule has 3 unspecified atom stereocenters. The molecule has 3 rings (SSSR count). The normalized spacial score (nSPS) is 42.1. The van der Waals surface area contributed by atoms with Gasteiger partial charge in [0.1, 0.15) is 6.29 Å². The summed E-state index contributed by atoms with van der Waals surface area (Å²) in [6.45, 7) is 8.12. The predicted molar refractivity (Wildman–Crippen MR) is 69.6 cm³/mol. The van der Waals surface area contributed by atoms with Crippen molar-refractivity contribution in [2.75, 3.05) is 39.4 Å². The van der Waals surface area contributed by atoms with Crippen molar-refractivity contribution >= 4 is 6.29 Å². The van der Waals surface area contributed by atoms with Gasteiger partial charge in [-0.15, -0.1) is 0 Å². The minimum Gasteiger partial charge on any atom is -0.380 e. The molecule has 0 radical (unpaired) electrons. The Morgan fingerprint density at radius 1 is 1.44 bits per heavy atom. The van der Waals surface area contributed by atoms with Crippen LogP contribution in [0.4, 0.5) is 0 Å². The number of hydrogen-bond acceptors (Lipinski definition) is 4. The van der Waals surface area contributed by atoms with Gasteiger partial charge in [0.15, 0.2) is 0 Å². The molecule has 18 heavy (non-hydrogen) atoms. The van der Waals surface area contributed by atoms with Crippen LogP contribution >= 0.6 is 0 Å². The molecule has 0 saturated carbocycles. The lowest BCUT2D eigenvalue weighted by atomic mass is 9.87. The van der Waals surface area contributed by atoms with E-state index in [-0.39, 0.29) is 5.41 Å². The lowest BCUT2D eigenvalue weighted by Crippen LogP contribution is -2.57. The highest BCUT2D eigenvalue weighted by atomic mass is 16.5. The van der Waals surface area contributed by atoms with Crippen molar-refractivity contribution in [1.29, 1.82) is 0 Å². The van der Waals surface area contributed by atoms with Crippen LogP contribution in [0.25, 0.3) is 0 Å². The summed E-state index contributed by atoms with van der Waals surface area (Å²) < 4.78 is 5.45. The summed E-state index contributed by atoms with van der Waals surface area (Å²) in [5.41, 5.74) is -0.227. The smallest absolute Gasteiger partial charge is 0.129 e. The predicted octanol–water partition coefficient (Wildman–Crippen LogP) is 0.760. The Labute approximate surface area is 109 Å². The molecule has 0 aliphatic carbocycles. The summed E-state index contributed by atoms with van der Waals surface area (Å²) in [4.78, 5) is 16.6. The molecule has 0 aromatic carbocycles. The van der Waals surface area contributed by atoms with Crippen LogP contribution in [-0.4, -0.2) is 67.6 Å².